The second-order valence-electron chi connectivity index (χ2n) is 6.08. The van der Waals surface area contributed by atoms with Gasteiger partial charge < -0.3 is 19.1 Å². The van der Waals surface area contributed by atoms with E-state index < -0.39 is 35.1 Å². The summed E-state index contributed by atoms with van der Waals surface area (Å²) in [6.45, 7) is -0.562. The van der Waals surface area contributed by atoms with Gasteiger partial charge in [0.15, 0.2) is 11.0 Å². The first-order valence-electron chi connectivity index (χ1n) is 8.37. The number of halogens is 5. The Morgan fingerprint density at radius 1 is 1.10 bits per heavy atom. The smallest absolute Gasteiger partial charge is 0.417 e. The van der Waals surface area contributed by atoms with E-state index in [1.54, 1.807) is 12.1 Å². The Hall–Kier alpha value is -2.91. The predicted molar refractivity (Wildman–Crippen MR) is 102 cm³/mol. The van der Waals surface area contributed by atoms with Crippen LogP contribution < -0.4 is 5.32 Å². The van der Waals surface area contributed by atoms with Gasteiger partial charge in [0.25, 0.3) is 5.91 Å². The van der Waals surface area contributed by atoms with E-state index in [9.17, 15) is 22.8 Å². The third-order valence-corrected chi connectivity index (χ3v) is 4.42. The summed E-state index contributed by atoms with van der Waals surface area (Å²) >= 11 is 11.3. The Bertz CT molecular complexity index is 1050. The van der Waals surface area contributed by atoms with E-state index >= 15 is 0 Å². The Kier molecular flexibility index (Phi) is 6.42. The van der Waals surface area contributed by atoms with E-state index in [1.165, 1.54) is 24.5 Å². The number of nitrogens with one attached hydrogen (secondary N) is 1. The average Bonchev–Trinajstić information content (AvgIpc) is 3.33. The van der Waals surface area contributed by atoms with Crippen molar-refractivity contribution in [2.75, 3.05) is 11.9 Å². The van der Waals surface area contributed by atoms with E-state index in [0.29, 0.717) is 11.8 Å². The maximum atomic E-state index is 13.0. The van der Waals surface area contributed by atoms with Crippen LogP contribution in [-0.4, -0.2) is 23.3 Å². The molecule has 0 radical (unpaired) electrons. The van der Waals surface area contributed by atoms with Crippen LogP contribution in [0.5, 0.6) is 0 Å². The summed E-state index contributed by atoms with van der Waals surface area (Å²) in [5.41, 5.74) is -1.21. The lowest BCUT2D eigenvalue weighted by Crippen LogP contribution is -2.37. The summed E-state index contributed by atoms with van der Waals surface area (Å²) in [4.78, 5) is 26.2. The maximum Gasteiger partial charge on any atom is 0.417 e. The van der Waals surface area contributed by atoms with Gasteiger partial charge >= 0.3 is 6.18 Å². The Labute approximate surface area is 178 Å². The minimum atomic E-state index is -4.68. The zero-order chi connectivity index (χ0) is 21.9. The molecule has 0 bridgehead atoms. The molecule has 6 nitrogen and oxygen atoms in total. The molecule has 2 heterocycles. The minimum Gasteiger partial charge on any atom is -0.467 e. The van der Waals surface area contributed by atoms with Crippen molar-refractivity contribution in [2.24, 2.45) is 0 Å². The second kappa shape index (κ2) is 8.85. The Balaban J connectivity index is 1.77. The molecule has 30 heavy (non-hydrogen) atoms. The summed E-state index contributed by atoms with van der Waals surface area (Å²) in [5.74, 6) is -1.10. The molecular formula is C19H13Cl2F3N2O4. The topological polar surface area (TPSA) is 75.7 Å². The molecule has 2 amide bonds. The number of carbonyl (C=O) groups is 2. The highest BCUT2D eigenvalue weighted by atomic mass is 35.5. The largest absolute Gasteiger partial charge is 0.467 e. The molecule has 0 saturated carbocycles. The number of rotatable bonds is 6. The first-order valence-corrected chi connectivity index (χ1v) is 9.12. The van der Waals surface area contributed by atoms with Crippen molar-refractivity contribution in [3.8, 4) is 0 Å². The molecule has 1 aromatic carbocycles. The molecule has 0 aliphatic carbocycles. The highest BCUT2D eigenvalue weighted by Gasteiger charge is 2.33. The molecule has 0 aliphatic heterocycles. The lowest BCUT2D eigenvalue weighted by molar-refractivity contribution is -0.137. The van der Waals surface area contributed by atoms with Gasteiger partial charge in [0.2, 0.25) is 5.91 Å². The first kappa shape index (κ1) is 21.8. The molecule has 0 atom stereocenters. The number of carbonyl (C=O) groups excluding carboxylic acids is 2. The van der Waals surface area contributed by atoms with Crippen LogP contribution in [0.1, 0.15) is 21.9 Å². The van der Waals surface area contributed by atoms with Crippen LogP contribution in [0.4, 0.5) is 18.9 Å². The fourth-order valence-corrected chi connectivity index (χ4v) is 2.94. The van der Waals surface area contributed by atoms with Crippen molar-refractivity contribution in [3.05, 3.63) is 76.1 Å². The number of amides is 2. The number of benzene rings is 1. The van der Waals surface area contributed by atoms with Gasteiger partial charge in [0, 0.05) is 5.69 Å². The van der Waals surface area contributed by atoms with Crippen LogP contribution in [0.2, 0.25) is 10.2 Å². The van der Waals surface area contributed by atoms with E-state index in [1.807, 2.05) is 0 Å². The molecule has 1 N–H and O–H groups in total. The van der Waals surface area contributed by atoms with Crippen molar-refractivity contribution in [3.63, 3.8) is 0 Å². The molecule has 0 fully saturated rings. The van der Waals surface area contributed by atoms with Gasteiger partial charge in [-0.25, -0.2) is 0 Å². The fourth-order valence-electron chi connectivity index (χ4n) is 2.57. The number of alkyl halides is 3. The Morgan fingerprint density at radius 3 is 2.47 bits per heavy atom. The fraction of sp³-hybridized carbons (Fsp3) is 0.158. The molecular weight excluding hydrogens is 448 g/mol. The van der Waals surface area contributed by atoms with Crippen molar-refractivity contribution in [1.82, 2.24) is 4.90 Å². The first-order chi connectivity index (χ1) is 14.1. The van der Waals surface area contributed by atoms with Gasteiger partial charge in [0.05, 0.1) is 23.4 Å². The van der Waals surface area contributed by atoms with E-state index in [-0.39, 0.29) is 23.2 Å². The molecule has 158 valence electrons. The molecule has 0 saturated heterocycles. The lowest BCUT2D eigenvalue weighted by Gasteiger charge is -2.20. The summed E-state index contributed by atoms with van der Waals surface area (Å²) in [5, 5.41) is 1.82. The van der Waals surface area contributed by atoms with Crippen LogP contribution in [0.15, 0.2) is 57.6 Å². The zero-order valence-electron chi connectivity index (χ0n) is 15.0. The lowest BCUT2D eigenvalue weighted by atomic mass is 10.2. The molecule has 2 aromatic heterocycles. The molecule has 3 aromatic rings. The highest BCUT2D eigenvalue weighted by Crippen LogP contribution is 2.36. The predicted octanol–water partition coefficient (Wildman–Crippen LogP) is 5.48. The summed E-state index contributed by atoms with van der Waals surface area (Å²) in [7, 11) is 0. The van der Waals surface area contributed by atoms with Crippen LogP contribution in [0, 0.1) is 0 Å². The Morgan fingerprint density at radius 2 is 1.87 bits per heavy atom. The van der Waals surface area contributed by atoms with Gasteiger partial charge in [-0.3, -0.25) is 9.59 Å². The highest BCUT2D eigenvalue weighted by molar-refractivity contribution is 6.31. The number of hydrogen-bond donors (Lipinski definition) is 1. The van der Waals surface area contributed by atoms with Gasteiger partial charge in [-0.2, -0.15) is 13.2 Å². The number of anilines is 1. The number of nitrogens with zero attached hydrogens (tertiary/aromatic N) is 1. The molecule has 0 unspecified atom stereocenters. The van der Waals surface area contributed by atoms with E-state index in [2.05, 4.69) is 5.32 Å². The van der Waals surface area contributed by atoms with Gasteiger partial charge in [-0.1, -0.05) is 11.6 Å². The quantitative estimate of drug-likeness (QED) is 0.528. The van der Waals surface area contributed by atoms with E-state index in [0.717, 1.165) is 11.0 Å². The molecule has 3 rings (SSSR count). The standard InChI is InChI=1S/C19H13Cl2F3N2O4/c20-14-4-3-11(8-13(14)19(22,23)24)25-17(27)10-26(9-12-2-1-7-29-12)18(28)15-5-6-16(21)30-15/h1-8H,9-10H2,(H,25,27). The number of furan rings is 2. The average molecular weight is 461 g/mol. The normalized spacial score (nSPS) is 11.4. The minimum absolute atomic E-state index is 0.0124. The van der Waals surface area contributed by atoms with Gasteiger partial charge in [-0.15, -0.1) is 0 Å². The summed E-state index contributed by atoms with van der Waals surface area (Å²) in [6, 6.07) is 8.87. The van der Waals surface area contributed by atoms with Gasteiger partial charge in [0.1, 0.15) is 12.3 Å². The molecule has 0 aliphatic rings. The van der Waals surface area contributed by atoms with Crippen LogP contribution in [0.3, 0.4) is 0 Å². The van der Waals surface area contributed by atoms with Crippen LogP contribution in [-0.2, 0) is 17.5 Å². The molecule has 11 heteroatoms. The SMILES string of the molecule is O=C(CN(Cc1ccco1)C(=O)c1ccc(Cl)o1)Nc1ccc(Cl)c(C(F)(F)F)c1. The summed E-state index contributed by atoms with van der Waals surface area (Å²) < 4.78 is 49.3. The van der Waals surface area contributed by atoms with Crippen LogP contribution >= 0.6 is 23.2 Å². The van der Waals surface area contributed by atoms with Crippen LogP contribution in [0.25, 0.3) is 0 Å². The third kappa shape index (κ3) is 5.37. The van der Waals surface area contributed by atoms with Crippen molar-refractivity contribution in [1.29, 1.82) is 0 Å². The zero-order valence-corrected chi connectivity index (χ0v) is 16.5. The maximum absolute atomic E-state index is 13.0. The van der Waals surface area contributed by atoms with Crippen molar-refractivity contribution < 1.29 is 31.6 Å². The third-order valence-electron chi connectivity index (χ3n) is 3.89. The summed E-state index contributed by atoms with van der Waals surface area (Å²) in [6.07, 6.45) is -3.29. The van der Waals surface area contributed by atoms with Crippen molar-refractivity contribution in [2.45, 2.75) is 12.7 Å². The van der Waals surface area contributed by atoms with Crippen molar-refractivity contribution >= 4 is 40.7 Å². The van der Waals surface area contributed by atoms with E-state index in [4.69, 9.17) is 32.0 Å². The second-order valence-corrected chi connectivity index (χ2v) is 6.86. The monoisotopic (exact) mass is 460 g/mol. The number of hydrogen-bond acceptors (Lipinski definition) is 4. The molecule has 0 spiro atoms. The van der Waals surface area contributed by atoms with Gasteiger partial charge in [-0.05, 0) is 54.1 Å².